The number of hydrogen-bond donors (Lipinski definition) is 0. The van der Waals surface area contributed by atoms with Crippen LogP contribution in [0.4, 0.5) is 0 Å². The number of carbonyl (C=O) groups is 1. The molecule has 69 heavy (non-hydrogen) atoms. The first kappa shape index (κ1) is 60.0. The van der Waals surface area contributed by atoms with Crippen LogP contribution in [-0.2, 0) is 9.53 Å². The second-order valence-electron chi connectivity index (χ2n) is 25.0. The van der Waals surface area contributed by atoms with Crippen molar-refractivity contribution in [3.63, 3.8) is 0 Å². The summed E-state index contributed by atoms with van der Waals surface area (Å²) in [4.78, 5) is 13.0. The molecule has 0 aliphatic heterocycles. The SMILES string of the molecule is CCCCCCC/C=C\C/C=C\C/C=C\CCCCCCCCCCCCCCCCCCCCCCCCC(=O)OC1CCC2(C)C(=CCC3C2CCC2(C)C(C(C)CCCC(C)C)CCC32)C1. The van der Waals surface area contributed by atoms with Crippen molar-refractivity contribution in [2.24, 2.45) is 46.3 Å². The van der Waals surface area contributed by atoms with Gasteiger partial charge in [0, 0.05) is 12.8 Å². The largest absolute Gasteiger partial charge is 0.462 e. The average molecular weight is 956 g/mol. The molecular weight excluding hydrogens is 837 g/mol. The van der Waals surface area contributed by atoms with Gasteiger partial charge in [-0.25, -0.2) is 0 Å². The van der Waals surface area contributed by atoms with E-state index in [0.717, 1.165) is 67.6 Å². The second kappa shape index (κ2) is 36.4. The molecule has 0 saturated heterocycles. The Kier molecular flexibility index (Phi) is 31.6. The minimum Gasteiger partial charge on any atom is -0.462 e. The Morgan fingerprint density at radius 3 is 1.58 bits per heavy atom. The van der Waals surface area contributed by atoms with E-state index < -0.39 is 0 Å². The third-order valence-electron chi connectivity index (χ3n) is 19.1. The van der Waals surface area contributed by atoms with Crippen molar-refractivity contribution < 1.29 is 9.53 Å². The minimum absolute atomic E-state index is 0.0679. The fourth-order valence-electron chi connectivity index (χ4n) is 14.7. The molecule has 3 saturated carbocycles. The molecule has 2 heteroatoms. The van der Waals surface area contributed by atoms with Crippen molar-refractivity contribution in [2.45, 2.75) is 324 Å². The molecule has 0 bridgehead atoms. The van der Waals surface area contributed by atoms with E-state index in [1.807, 2.05) is 0 Å². The fraction of sp³-hybridized carbons (Fsp3) is 0.866. The van der Waals surface area contributed by atoms with E-state index in [0.29, 0.717) is 17.3 Å². The summed E-state index contributed by atoms with van der Waals surface area (Å²) >= 11 is 0. The van der Waals surface area contributed by atoms with Crippen LogP contribution in [0.25, 0.3) is 0 Å². The lowest BCUT2D eigenvalue weighted by atomic mass is 9.47. The van der Waals surface area contributed by atoms with Gasteiger partial charge in [0.2, 0.25) is 0 Å². The predicted molar refractivity (Wildman–Crippen MR) is 304 cm³/mol. The van der Waals surface area contributed by atoms with Gasteiger partial charge in [-0.1, -0.05) is 263 Å². The third kappa shape index (κ3) is 23.0. The van der Waals surface area contributed by atoms with E-state index in [-0.39, 0.29) is 12.1 Å². The number of rotatable bonds is 41. The zero-order chi connectivity index (χ0) is 49.3. The molecular formula is C67H118O2. The normalized spacial score (nSPS) is 26.2. The molecule has 0 radical (unpaired) electrons. The summed E-state index contributed by atoms with van der Waals surface area (Å²) in [5, 5.41) is 0. The third-order valence-corrected chi connectivity index (χ3v) is 19.1. The molecule has 0 N–H and O–H groups in total. The van der Waals surface area contributed by atoms with Crippen molar-refractivity contribution in [1.29, 1.82) is 0 Å². The van der Waals surface area contributed by atoms with E-state index in [1.54, 1.807) is 5.57 Å². The van der Waals surface area contributed by atoms with Crippen LogP contribution in [0.15, 0.2) is 48.1 Å². The molecule has 0 spiro atoms. The maximum absolute atomic E-state index is 13.0. The highest BCUT2D eigenvalue weighted by atomic mass is 16.5. The molecule has 4 aliphatic carbocycles. The number of esters is 1. The number of ether oxygens (including phenoxy) is 1. The van der Waals surface area contributed by atoms with Crippen LogP contribution in [-0.4, -0.2) is 12.1 Å². The Bertz CT molecular complexity index is 1420. The molecule has 4 rings (SSSR count). The van der Waals surface area contributed by atoms with Gasteiger partial charge in [-0.05, 0) is 136 Å². The molecule has 0 amide bonds. The summed E-state index contributed by atoms with van der Waals surface area (Å²) in [6.07, 6.45) is 74.2. The Balaban J connectivity index is 0.866. The van der Waals surface area contributed by atoms with E-state index in [2.05, 4.69) is 84.1 Å². The molecule has 398 valence electrons. The number of carbonyl (C=O) groups excluding carboxylic acids is 1. The molecule has 8 atom stereocenters. The Morgan fingerprint density at radius 2 is 1.06 bits per heavy atom. The van der Waals surface area contributed by atoms with Gasteiger partial charge in [0.1, 0.15) is 6.10 Å². The molecule has 0 aromatic rings. The average Bonchev–Trinajstić information content (AvgIpc) is 3.70. The number of allylic oxidation sites excluding steroid dienone is 7. The van der Waals surface area contributed by atoms with E-state index >= 15 is 0 Å². The van der Waals surface area contributed by atoms with E-state index in [9.17, 15) is 4.79 Å². The summed E-state index contributed by atoms with van der Waals surface area (Å²) in [5.41, 5.74) is 2.53. The highest BCUT2D eigenvalue weighted by Crippen LogP contribution is 2.67. The van der Waals surface area contributed by atoms with Gasteiger partial charge in [0.25, 0.3) is 0 Å². The quantitative estimate of drug-likeness (QED) is 0.0347. The van der Waals surface area contributed by atoms with Crippen molar-refractivity contribution in [3.05, 3.63) is 48.1 Å². The lowest BCUT2D eigenvalue weighted by Gasteiger charge is -2.58. The first-order valence-electron chi connectivity index (χ1n) is 31.5. The van der Waals surface area contributed by atoms with Gasteiger partial charge in [0.15, 0.2) is 0 Å². The topological polar surface area (TPSA) is 26.3 Å². The molecule has 2 nitrogen and oxygen atoms in total. The van der Waals surface area contributed by atoms with E-state index in [4.69, 9.17) is 4.74 Å². The van der Waals surface area contributed by atoms with Crippen molar-refractivity contribution >= 4 is 5.97 Å². The zero-order valence-corrected chi connectivity index (χ0v) is 47.3. The lowest BCUT2D eigenvalue weighted by Crippen LogP contribution is -2.51. The maximum atomic E-state index is 13.0. The fourth-order valence-corrected chi connectivity index (χ4v) is 14.7. The van der Waals surface area contributed by atoms with Crippen LogP contribution in [0.2, 0.25) is 0 Å². The summed E-state index contributed by atoms with van der Waals surface area (Å²) in [7, 11) is 0. The molecule has 8 unspecified atom stereocenters. The van der Waals surface area contributed by atoms with Crippen molar-refractivity contribution in [1.82, 2.24) is 0 Å². The van der Waals surface area contributed by atoms with Gasteiger partial charge in [-0.15, -0.1) is 0 Å². The van der Waals surface area contributed by atoms with Crippen LogP contribution in [0.3, 0.4) is 0 Å². The molecule has 0 aromatic carbocycles. The molecule has 3 fully saturated rings. The van der Waals surface area contributed by atoms with Crippen molar-refractivity contribution in [3.8, 4) is 0 Å². The highest BCUT2D eigenvalue weighted by molar-refractivity contribution is 5.69. The van der Waals surface area contributed by atoms with Gasteiger partial charge in [-0.3, -0.25) is 4.79 Å². The van der Waals surface area contributed by atoms with Crippen LogP contribution in [0, 0.1) is 46.3 Å². The molecule has 0 aromatic heterocycles. The number of fused-ring (bicyclic) bond motifs is 5. The number of hydrogen-bond acceptors (Lipinski definition) is 2. The summed E-state index contributed by atoms with van der Waals surface area (Å²) in [6.45, 7) is 15.0. The monoisotopic (exact) mass is 955 g/mol. The summed E-state index contributed by atoms with van der Waals surface area (Å²) in [5.74, 6) is 5.32. The maximum Gasteiger partial charge on any atom is 0.306 e. The summed E-state index contributed by atoms with van der Waals surface area (Å²) in [6, 6.07) is 0. The van der Waals surface area contributed by atoms with Gasteiger partial charge in [0.05, 0.1) is 0 Å². The first-order chi connectivity index (χ1) is 33.7. The Labute approximate surface area is 431 Å². The van der Waals surface area contributed by atoms with Gasteiger partial charge < -0.3 is 4.74 Å². The predicted octanol–water partition coefficient (Wildman–Crippen LogP) is 22.1. The van der Waals surface area contributed by atoms with Crippen LogP contribution in [0.1, 0.15) is 318 Å². The summed E-state index contributed by atoms with van der Waals surface area (Å²) < 4.78 is 6.19. The lowest BCUT2D eigenvalue weighted by molar-refractivity contribution is -0.151. The zero-order valence-electron chi connectivity index (χ0n) is 47.3. The van der Waals surface area contributed by atoms with Gasteiger partial charge in [-0.2, -0.15) is 0 Å². The Morgan fingerprint density at radius 1 is 0.565 bits per heavy atom. The van der Waals surface area contributed by atoms with Crippen molar-refractivity contribution in [2.75, 3.05) is 0 Å². The molecule has 4 aliphatic rings. The second-order valence-corrected chi connectivity index (χ2v) is 25.0. The minimum atomic E-state index is 0.0679. The van der Waals surface area contributed by atoms with Gasteiger partial charge >= 0.3 is 5.97 Å². The van der Waals surface area contributed by atoms with Crippen LogP contribution >= 0.6 is 0 Å². The Hall–Kier alpha value is -1.57. The molecule has 0 heterocycles. The standard InChI is InChI=1S/C67H118O2/c1-7-8-9-10-11-12-13-14-15-16-17-18-19-20-21-22-23-24-25-26-27-28-29-30-31-32-33-34-35-36-37-38-39-40-41-42-43-47-65(68)69-60-52-54-66(5)59(56-60)48-49-61-63-51-50-62(58(4)46-44-45-57(2)3)67(63,6)55-53-64(61)66/h13-14,16-17,19-20,48,57-58,60-64H,7-12,15,18,21-47,49-56H2,1-6H3/b14-13-,17-16-,20-19-. The van der Waals surface area contributed by atoms with Crippen LogP contribution < -0.4 is 0 Å². The van der Waals surface area contributed by atoms with Crippen LogP contribution in [0.5, 0.6) is 0 Å². The smallest absolute Gasteiger partial charge is 0.306 e. The first-order valence-corrected chi connectivity index (χ1v) is 31.5. The highest BCUT2D eigenvalue weighted by Gasteiger charge is 2.59. The van der Waals surface area contributed by atoms with E-state index in [1.165, 1.54) is 238 Å². The number of unbranched alkanes of at least 4 members (excludes halogenated alkanes) is 27.